The Morgan fingerprint density at radius 1 is 1.50 bits per heavy atom. The van der Waals surface area contributed by atoms with Crippen molar-refractivity contribution in [3.63, 3.8) is 0 Å². The summed E-state index contributed by atoms with van der Waals surface area (Å²) in [5.41, 5.74) is 1.18. The molecule has 0 bridgehead atoms. The second-order valence-electron chi connectivity index (χ2n) is 5.44. The Balaban J connectivity index is 1.82. The second kappa shape index (κ2) is 6.64. The standard InChI is InChI=1S/C16H18N4O3S/c1-4-20-12-7-11(5-6-13(12)23-8-14(20)21)15(22)9(2)24-16-17-10(3)18-19-16/h5-7,9H,4,8H2,1-3H3,(H,17,18,19). The van der Waals surface area contributed by atoms with E-state index in [0.717, 1.165) is 0 Å². The maximum absolute atomic E-state index is 12.7. The van der Waals surface area contributed by atoms with E-state index in [2.05, 4.69) is 15.2 Å². The number of aryl methyl sites for hydroxylation is 1. The van der Waals surface area contributed by atoms with Crippen molar-refractivity contribution < 1.29 is 14.3 Å². The molecule has 0 aliphatic carbocycles. The molecule has 1 atom stereocenters. The number of aromatic amines is 1. The number of fused-ring (bicyclic) bond motifs is 1. The van der Waals surface area contributed by atoms with Crippen LogP contribution >= 0.6 is 11.8 Å². The molecule has 1 aliphatic heterocycles. The summed E-state index contributed by atoms with van der Waals surface area (Å²) in [6.45, 7) is 6.09. The number of aromatic nitrogens is 3. The molecule has 0 spiro atoms. The Morgan fingerprint density at radius 3 is 2.96 bits per heavy atom. The van der Waals surface area contributed by atoms with Gasteiger partial charge >= 0.3 is 0 Å². The van der Waals surface area contributed by atoms with E-state index in [1.807, 2.05) is 20.8 Å². The minimum absolute atomic E-state index is 0.0323. The Morgan fingerprint density at radius 2 is 2.29 bits per heavy atom. The number of carbonyl (C=O) groups is 2. The number of Topliss-reactive ketones (excluding diaryl/α,β-unsaturated/α-hetero) is 1. The van der Waals surface area contributed by atoms with Crippen LogP contribution in [0, 0.1) is 6.92 Å². The van der Waals surface area contributed by atoms with Crippen LogP contribution in [0.4, 0.5) is 5.69 Å². The number of hydrogen-bond donors (Lipinski definition) is 1. The predicted octanol–water partition coefficient (Wildman–Crippen LogP) is 2.22. The van der Waals surface area contributed by atoms with Crippen molar-refractivity contribution in [3.8, 4) is 5.75 Å². The van der Waals surface area contributed by atoms with Gasteiger partial charge in [-0.3, -0.25) is 14.7 Å². The number of ether oxygens (including phenoxy) is 1. The molecule has 1 unspecified atom stereocenters. The molecule has 3 rings (SSSR count). The lowest BCUT2D eigenvalue weighted by atomic mass is 10.1. The highest BCUT2D eigenvalue weighted by atomic mass is 32.2. The van der Waals surface area contributed by atoms with Gasteiger partial charge in [0.2, 0.25) is 5.16 Å². The van der Waals surface area contributed by atoms with Crippen molar-refractivity contribution in [3.05, 3.63) is 29.6 Å². The number of carbonyl (C=O) groups excluding carboxylic acids is 2. The van der Waals surface area contributed by atoms with Crippen molar-refractivity contribution >= 4 is 29.1 Å². The van der Waals surface area contributed by atoms with Crippen LogP contribution in [0.3, 0.4) is 0 Å². The predicted molar refractivity (Wildman–Crippen MR) is 90.7 cm³/mol. The zero-order valence-electron chi connectivity index (χ0n) is 13.7. The lowest BCUT2D eigenvalue weighted by molar-refractivity contribution is -0.121. The summed E-state index contributed by atoms with van der Waals surface area (Å²) >= 11 is 1.30. The van der Waals surface area contributed by atoms with Gasteiger partial charge in [0.25, 0.3) is 5.91 Å². The van der Waals surface area contributed by atoms with Gasteiger partial charge < -0.3 is 9.64 Å². The third-order valence-electron chi connectivity index (χ3n) is 3.73. The number of nitrogens with one attached hydrogen (secondary N) is 1. The number of ketones is 1. The highest BCUT2D eigenvalue weighted by Gasteiger charge is 2.26. The van der Waals surface area contributed by atoms with E-state index < -0.39 is 0 Å². The average Bonchev–Trinajstić information content (AvgIpc) is 2.98. The Kier molecular flexibility index (Phi) is 4.57. The van der Waals surface area contributed by atoms with Gasteiger partial charge in [-0.1, -0.05) is 11.8 Å². The summed E-state index contributed by atoms with van der Waals surface area (Å²) in [5.74, 6) is 1.19. The molecule has 1 aliphatic rings. The molecule has 1 aromatic carbocycles. The lowest BCUT2D eigenvalue weighted by Gasteiger charge is -2.28. The van der Waals surface area contributed by atoms with Crippen LogP contribution < -0.4 is 9.64 Å². The van der Waals surface area contributed by atoms with Crippen LogP contribution in [-0.2, 0) is 4.79 Å². The number of likely N-dealkylation sites (N-methyl/N-ethyl adjacent to an activating group) is 1. The number of thioether (sulfide) groups is 1. The van der Waals surface area contributed by atoms with E-state index in [4.69, 9.17) is 4.74 Å². The highest BCUT2D eigenvalue weighted by molar-refractivity contribution is 8.00. The molecule has 24 heavy (non-hydrogen) atoms. The maximum atomic E-state index is 12.7. The molecule has 2 aromatic rings. The van der Waals surface area contributed by atoms with E-state index >= 15 is 0 Å². The quantitative estimate of drug-likeness (QED) is 0.660. The summed E-state index contributed by atoms with van der Waals surface area (Å²) in [4.78, 5) is 30.5. The van der Waals surface area contributed by atoms with Gasteiger partial charge in [0.05, 0.1) is 10.9 Å². The Bertz CT molecular complexity index is 789. The first kappa shape index (κ1) is 16.5. The normalized spacial score (nSPS) is 15.0. The topological polar surface area (TPSA) is 88.2 Å². The summed E-state index contributed by atoms with van der Waals surface area (Å²) in [7, 11) is 0. The molecule has 0 fully saturated rings. The van der Waals surface area contributed by atoms with E-state index in [-0.39, 0.29) is 23.5 Å². The molecule has 126 valence electrons. The molecule has 0 saturated heterocycles. The summed E-state index contributed by atoms with van der Waals surface area (Å²) < 4.78 is 5.43. The van der Waals surface area contributed by atoms with Gasteiger partial charge in [0.1, 0.15) is 11.6 Å². The fourth-order valence-electron chi connectivity index (χ4n) is 2.52. The molecular formula is C16H18N4O3S. The second-order valence-corrected chi connectivity index (χ2v) is 6.74. The first-order valence-corrected chi connectivity index (χ1v) is 8.54. The van der Waals surface area contributed by atoms with Crippen molar-refractivity contribution in [1.82, 2.24) is 15.2 Å². The van der Waals surface area contributed by atoms with E-state index in [9.17, 15) is 9.59 Å². The number of nitrogens with zero attached hydrogens (tertiary/aromatic N) is 3. The zero-order valence-corrected chi connectivity index (χ0v) is 14.5. The summed E-state index contributed by atoms with van der Waals surface area (Å²) in [6, 6.07) is 5.19. The molecule has 7 nitrogen and oxygen atoms in total. The lowest BCUT2D eigenvalue weighted by Crippen LogP contribution is -2.38. The molecule has 0 radical (unpaired) electrons. The maximum Gasteiger partial charge on any atom is 0.265 e. The SMILES string of the molecule is CCN1C(=O)COc2ccc(C(=O)C(C)Sc3n[nH]c(C)n3)cc21. The third-order valence-corrected chi connectivity index (χ3v) is 4.69. The molecular weight excluding hydrogens is 328 g/mol. The fourth-order valence-corrected chi connectivity index (χ4v) is 3.37. The average molecular weight is 346 g/mol. The first-order chi connectivity index (χ1) is 11.5. The van der Waals surface area contributed by atoms with Gasteiger partial charge in [0.15, 0.2) is 12.4 Å². The minimum atomic E-state index is -0.339. The van der Waals surface area contributed by atoms with Crippen molar-refractivity contribution in [2.45, 2.75) is 31.2 Å². The largest absolute Gasteiger partial charge is 0.482 e. The van der Waals surface area contributed by atoms with Crippen LogP contribution in [0.1, 0.15) is 30.0 Å². The van der Waals surface area contributed by atoms with Crippen molar-refractivity contribution in [2.24, 2.45) is 0 Å². The Labute approximate surface area is 143 Å². The first-order valence-electron chi connectivity index (χ1n) is 7.66. The van der Waals surface area contributed by atoms with E-state index in [1.165, 1.54) is 11.8 Å². The number of H-pyrrole nitrogens is 1. The van der Waals surface area contributed by atoms with E-state index in [0.29, 0.717) is 34.5 Å². The number of anilines is 1. The number of amides is 1. The minimum Gasteiger partial charge on any atom is -0.482 e. The molecule has 0 saturated carbocycles. The smallest absolute Gasteiger partial charge is 0.265 e. The van der Waals surface area contributed by atoms with Gasteiger partial charge in [-0.15, -0.1) is 5.10 Å². The molecule has 1 aromatic heterocycles. The van der Waals surface area contributed by atoms with Crippen molar-refractivity contribution in [1.29, 1.82) is 0 Å². The van der Waals surface area contributed by atoms with Crippen LogP contribution in [0.2, 0.25) is 0 Å². The van der Waals surface area contributed by atoms with Gasteiger partial charge in [0, 0.05) is 12.1 Å². The van der Waals surface area contributed by atoms with Crippen LogP contribution in [0.5, 0.6) is 5.75 Å². The van der Waals surface area contributed by atoms with Crippen molar-refractivity contribution in [2.75, 3.05) is 18.1 Å². The third kappa shape index (κ3) is 3.14. The number of benzene rings is 1. The van der Waals surface area contributed by atoms with Gasteiger partial charge in [-0.25, -0.2) is 4.98 Å². The molecule has 8 heteroatoms. The molecule has 2 heterocycles. The van der Waals surface area contributed by atoms with Gasteiger partial charge in [-0.2, -0.15) is 0 Å². The summed E-state index contributed by atoms with van der Waals surface area (Å²) in [5, 5.41) is 7.00. The van der Waals surface area contributed by atoms with Gasteiger partial charge in [-0.05, 0) is 39.0 Å². The van der Waals surface area contributed by atoms with Crippen LogP contribution in [-0.4, -0.2) is 45.3 Å². The Hall–Kier alpha value is -2.35. The van der Waals surface area contributed by atoms with E-state index in [1.54, 1.807) is 23.1 Å². The molecule has 1 amide bonds. The molecule has 1 N–H and O–H groups in total. The summed E-state index contributed by atoms with van der Waals surface area (Å²) in [6.07, 6.45) is 0. The van der Waals surface area contributed by atoms with Crippen LogP contribution in [0.15, 0.2) is 23.4 Å². The number of hydrogen-bond acceptors (Lipinski definition) is 6. The van der Waals surface area contributed by atoms with Crippen LogP contribution in [0.25, 0.3) is 0 Å². The zero-order chi connectivity index (χ0) is 17.3. The number of rotatable bonds is 5. The fraction of sp³-hybridized carbons (Fsp3) is 0.375. The monoisotopic (exact) mass is 346 g/mol. The highest BCUT2D eigenvalue weighted by Crippen LogP contribution is 2.34.